The number of carbonyl (C=O) groups is 1. The van der Waals surface area contributed by atoms with Gasteiger partial charge in [-0.1, -0.05) is 26.7 Å². The van der Waals surface area contributed by atoms with Gasteiger partial charge in [-0.3, -0.25) is 4.79 Å². The molecule has 4 heteroatoms. The van der Waals surface area contributed by atoms with Crippen LogP contribution < -0.4 is 5.32 Å². The number of hydrogen-bond acceptors (Lipinski definition) is 3. The van der Waals surface area contributed by atoms with Gasteiger partial charge in [0, 0.05) is 22.8 Å². The molecule has 1 aromatic rings. The van der Waals surface area contributed by atoms with Gasteiger partial charge in [0.05, 0.1) is 6.42 Å². The van der Waals surface area contributed by atoms with E-state index < -0.39 is 5.97 Å². The standard InChI is InChI=1S/C17H27NO2S/c1-13(2)10-17(7-3-4-8-17)12-18-11-15-6-5-14(21-15)9-16(19)20/h5-6,13,18H,3-4,7-12H2,1-2H3,(H,19,20). The smallest absolute Gasteiger partial charge is 0.308 e. The highest BCUT2D eigenvalue weighted by Crippen LogP contribution is 2.42. The molecular weight excluding hydrogens is 282 g/mol. The van der Waals surface area contributed by atoms with Gasteiger partial charge in [-0.15, -0.1) is 11.3 Å². The lowest BCUT2D eigenvalue weighted by Crippen LogP contribution is -2.32. The summed E-state index contributed by atoms with van der Waals surface area (Å²) in [5, 5.41) is 12.4. The van der Waals surface area contributed by atoms with E-state index >= 15 is 0 Å². The fraction of sp³-hybridized carbons (Fsp3) is 0.706. The molecule has 1 aliphatic rings. The minimum Gasteiger partial charge on any atom is -0.481 e. The fourth-order valence-corrected chi connectivity index (χ4v) is 4.64. The summed E-state index contributed by atoms with van der Waals surface area (Å²) >= 11 is 1.61. The number of aliphatic carboxylic acids is 1. The summed E-state index contributed by atoms with van der Waals surface area (Å²) in [4.78, 5) is 12.9. The van der Waals surface area contributed by atoms with E-state index in [-0.39, 0.29) is 6.42 Å². The highest BCUT2D eigenvalue weighted by molar-refractivity contribution is 7.12. The zero-order valence-corrected chi connectivity index (χ0v) is 14.0. The molecule has 1 saturated carbocycles. The zero-order chi connectivity index (χ0) is 15.3. The number of carboxylic acid groups (broad SMARTS) is 1. The van der Waals surface area contributed by atoms with Crippen molar-refractivity contribution in [2.24, 2.45) is 11.3 Å². The van der Waals surface area contributed by atoms with Crippen LogP contribution in [0.15, 0.2) is 12.1 Å². The minimum atomic E-state index is -0.752. The molecule has 2 rings (SSSR count). The maximum absolute atomic E-state index is 10.7. The Morgan fingerprint density at radius 3 is 2.62 bits per heavy atom. The number of carboxylic acids is 1. The molecule has 3 nitrogen and oxygen atoms in total. The van der Waals surface area contributed by atoms with E-state index in [1.54, 1.807) is 11.3 Å². The van der Waals surface area contributed by atoms with Crippen molar-refractivity contribution in [3.8, 4) is 0 Å². The summed E-state index contributed by atoms with van der Waals surface area (Å²) in [6.45, 7) is 6.59. The molecule has 118 valence electrons. The third kappa shape index (κ3) is 5.11. The second-order valence-corrected chi connectivity index (χ2v) is 8.10. The Kier molecular flexibility index (Phi) is 5.82. The van der Waals surface area contributed by atoms with Gasteiger partial charge in [-0.05, 0) is 42.7 Å². The maximum atomic E-state index is 10.7. The first-order chi connectivity index (χ1) is 9.99. The Bertz CT molecular complexity index is 461. The van der Waals surface area contributed by atoms with E-state index in [0.29, 0.717) is 5.41 Å². The normalized spacial score (nSPS) is 17.5. The fourth-order valence-electron chi connectivity index (χ4n) is 3.66. The summed E-state index contributed by atoms with van der Waals surface area (Å²) in [5.74, 6) is 0.00649. The summed E-state index contributed by atoms with van der Waals surface area (Å²) in [5.41, 5.74) is 0.495. The Morgan fingerprint density at radius 2 is 2.00 bits per heavy atom. The lowest BCUT2D eigenvalue weighted by molar-refractivity contribution is -0.136. The molecule has 0 aliphatic heterocycles. The predicted molar refractivity (Wildman–Crippen MR) is 87.7 cm³/mol. The van der Waals surface area contributed by atoms with E-state index in [2.05, 4.69) is 25.2 Å². The van der Waals surface area contributed by atoms with E-state index in [9.17, 15) is 4.79 Å². The van der Waals surface area contributed by atoms with Crippen LogP contribution in [0.25, 0.3) is 0 Å². The predicted octanol–water partition coefficient (Wildman–Crippen LogP) is 4.07. The van der Waals surface area contributed by atoms with Crippen molar-refractivity contribution in [3.05, 3.63) is 21.9 Å². The Morgan fingerprint density at radius 1 is 1.33 bits per heavy atom. The van der Waals surface area contributed by atoms with E-state index in [1.807, 2.05) is 6.07 Å². The number of hydrogen-bond donors (Lipinski definition) is 2. The Balaban J connectivity index is 1.82. The lowest BCUT2D eigenvalue weighted by Gasteiger charge is -2.31. The van der Waals surface area contributed by atoms with Crippen molar-refractivity contribution in [1.29, 1.82) is 0 Å². The molecule has 0 saturated heterocycles. The second-order valence-electron chi connectivity index (χ2n) is 6.85. The largest absolute Gasteiger partial charge is 0.481 e. The van der Waals surface area contributed by atoms with Crippen LogP contribution in [-0.4, -0.2) is 17.6 Å². The van der Waals surface area contributed by atoms with Crippen LogP contribution in [0.4, 0.5) is 0 Å². The van der Waals surface area contributed by atoms with Crippen molar-refractivity contribution in [1.82, 2.24) is 5.32 Å². The van der Waals surface area contributed by atoms with Crippen molar-refractivity contribution < 1.29 is 9.90 Å². The van der Waals surface area contributed by atoms with Crippen molar-refractivity contribution in [3.63, 3.8) is 0 Å². The average Bonchev–Trinajstić information content (AvgIpc) is 2.98. The quantitative estimate of drug-likeness (QED) is 0.761. The topological polar surface area (TPSA) is 49.3 Å². The molecular formula is C17H27NO2S. The van der Waals surface area contributed by atoms with Crippen LogP contribution >= 0.6 is 11.3 Å². The molecule has 2 N–H and O–H groups in total. The molecule has 21 heavy (non-hydrogen) atoms. The molecule has 1 heterocycles. The maximum Gasteiger partial charge on any atom is 0.308 e. The molecule has 1 aliphatic carbocycles. The lowest BCUT2D eigenvalue weighted by atomic mass is 9.78. The first-order valence-corrected chi connectivity index (χ1v) is 8.81. The van der Waals surface area contributed by atoms with Gasteiger partial charge >= 0.3 is 5.97 Å². The van der Waals surface area contributed by atoms with Crippen molar-refractivity contribution in [2.75, 3.05) is 6.54 Å². The van der Waals surface area contributed by atoms with Gasteiger partial charge in [-0.2, -0.15) is 0 Å². The van der Waals surface area contributed by atoms with Gasteiger partial charge < -0.3 is 10.4 Å². The van der Waals surface area contributed by atoms with Crippen molar-refractivity contribution in [2.45, 2.75) is 58.9 Å². The van der Waals surface area contributed by atoms with E-state index in [4.69, 9.17) is 5.11 Å². The summed E-state index contributed by atoms with van der Waals surface area (Å²) in [6.07, 6.45) is 6.91. The highest BCUT2D eigenvalue weighted by Gasteiger charge is 2.33. The van der Waals surface area contributed by atoms with Crippen molar-refractivity contribution >= 4 is 17.3 Å². The summed E-state index contributed by atoms with van der Waals surface area (Å²) in [7, 11) is 0. The number of thiophene rings is 1. The van der Waals surface area contributed by atoms with E-state index in [1.165, 1.54) is 37.0 Å². The zero-order valence-electron chi connectivity index (χ0n) is 13.2. The van der Waals surface area contributed by atoms with Crippen LogP contribution in [0, 0.1) is 11.3 Å². The van der Waals surface area contributed by atoms with Gasteiger partial charge in [0.15, 0.2) is 0 Å². The van der Waals surface area contributed by atoms with Gasteiger partial charge in [0.25, 0.3) is 0 Å². The van der Waals surface area contributed by atoms with Gasteiger partial charge in [-0.25, -0.2) is 0 Å². The Hall–Kier alpha value is -0.870. The molecule has 1 fully saturated rings. The third-order valence-corrected chi connectivity index (χ3v) is 5.43. The molecule has 0 atom stereocenters. The first kappa shape index (κ1) is 16.5. The summed E-state index contributed by atoms with van der Waals surface area (Å²) in [6, 6.07) is 4.00. The van der Waals surface area contributed by atoms with E-state index in [0.717, 1.165) is 23.9 Å². The molecule has 0 spiro atoms. The Labute approximate surface area is 131 Å². The van der Waals surface area contributed by atoms with Crippen LogP contribution in [0.3, 0.4) is 0 Å². The number of rotatable bonds is 8. The van der Waals surface area contributed by atoms with Crippen LogP contribution in [-0.2, 0) is 17.8 Å². The molecule has 1 aromatic heterocycles. The SMILES string of the molecule is CC(C)CC1(CNCc2ccc(CC(=O)O)s2)CCCC1. The molecule has 0 amide bonds. The van der Waals surface area contributed by atoms with Gasteiger partial charge in [0.2, 0.25) is 0 Å². The minimum absolute atomic E-state index is 0.141. The monoisotopic (exact) mass is 309 g/mol. The van der Waals surface area contributed by atoms with Crippen LogP contribution in [0.2, 0.25) is 0 Å². The highest BCUT2D eigenvalue weighted by atomic mass is 32.1. The average molecular weight is 309 g/mol. The van der Waals surface area contributed by atoms with Crippen LogP contribution in [0.5, 0.6) is 0 Å². The third-order valence-electron chi connectivity index (χ3n) is 4.35. The first-order valence-electron chi connectivity index (χ1n) is 7.99. The van der Waals surface area contributed by atoms with Gasteiger partial charge in [0.1, 0.15) is 0 Å². The summed E-state index contributed by atoms with van der Waals surface area (Å²) < 4.78 is 0. The molecule has 0 radical (unpaired) electrons. The molecule has 0 unspecified atom stereocenters. The second kappa shape index (κ2) is 7.41. The van der Waals surface area contributed by atoms with Crippen LogP contribution in [0.1, 0.15) is 55.7 Å². The number of nitrogens with one attached hydrogen (secondary N) is 1. The molecule has 0 aromatic carbocycles. The molecule has 0 bridgehead atoms.